The van der Waals surface area contributed by atoms with Crippen LogP contribution in [0.1, 0.15) is 5.56 Å². The topological polar surface area (TPSA) is 0 Å². The molecule has 0 amide bonds. The van der Waals surface area contributed by atoms with Crippen molar-refractivity contribution >= 4 is 42.1 Å². The molecule has 15 heavy (non-hydrogen) atoms. The van der Waals surface area contributed by atoms with E-state index in [1.165, 1.54) is 6.07 Å². The first-order valence-corrected chi connectivity index (χ1v) is 7.38. The van der Waals surface area contributed by atoms with Crippen LogP contribution in [0.15, 0.2) is 27.6 Å². The first-order chi connectivity index (χ1) is 6.42. The summed E-state index contributed by atoms with van der Waals surface area (Å²) in [6.45, 7) is 0. The Morgan fingerprint density at radius 1 is 1.00 bits per heavy atom. The summed E-state index contributed by atoms with van der Waals surface area (Å²) >= 11 is 5.67. The van der Waals surface area contributed by atoms with Gasteiger partial charge >= 0.3 is 10.2 Å². The molecule has 0 saturated heterocycles. The quantitative estimate of drug-likeness (QED) is 0.439. The Morgan fingerprint density at radius 2 is 1.53 bits per heavy atom. The van der Waals surface area contributed by atoms with Gasteiger partial charge in [0.1, 0.15) is 4.90 Å². The fourth-order valence-corrected chi connectivity index (χ4v) is 2.66. The zero-order valence-corrected chi connectivity index (χ0v) is 11.0. The van der Waals surface area contributed by atoms with Gasteiger partial charge in [0.05, 0.1) is 0 Å². The molecule has 0 radical (unpaired) electrons. The second-order valence-corrected chi connectivity index (χ2v) is 6.78. The molecule has 0 saturated carbocycles. The summed E-state index contributed by atoms with van der Waals surface area (Å²) in [5.74, 6) is 0. The van der Waals surface area contributed by atoms with Crippen LogP contribution in [0, 0.1) is 0 Å². The number of hydrogen-bond donors (Lipinski definition) is 0. The van der Waals surface area contributed by atoms with Gasteiger partial charge in [0.15, 0.2) is 0 Å². The zero-order valence-electron chi connectivity index (χ0n) is 6.99. The third kappa shape index (κ3) is 3.60. The molecule has 0 bridgehead atoms. The van der Waals surface area contributed by atoms with Crippen LogP contribution in [0.25, 0.3) is 0 Å². The number of alkyl halides is 1. The van der Waals surface area contributed by atoms with E-state index in [4.69, 9.17) is 0 Å². The zero-order chi connectivity index (χ0) is 12.0. The van der Waals surface area contributed by atoms with Gasteiger partial charge in [-0.2, -0.15) is 0 Å². The first-order valence-electron chi connectivity index (χ1n) is 3.52. The molecule has 0 aromatic heterocycles. The molecule has 0 nitrogen and oxygen atoms in total. The monoisotopic (exact) mass is 374 g/mol. The van der Waals surface area contributed by atoms with Gasteiger partial charge in [0.2, 0.25) is 0 Å². The van der Waals surface area contributed by atoms with Crippen molar-refractivity contribution in [3.63, 3.8) is 0 Å². The van der Waals surface area contributed by atoms with Crippen LogP contribution in [0.2, 0.25) is 0 Å². The van der Waals surface area contributed by atoms with Crippen molar-refractivity contribution < 1.29 is 19.4 Å². The molecule has 0 aliphatic heterocycles. The fraction of sp³-hybridized carbons (Fsp3) is 0.143. The van der Waals surface area contributed by atoms with Crippen molar-refractivity contribution in [2.45, 2.75) is 10.2 Å². The van der Waals surface area contributed by atoms with Crippen molar-refractivity contribution in [3.05, 3.63) is 28.2 Å². The van der Waals surface area contributed by atoms with Crippen LogP contribution in [-0.4, -0.2) is 0 Å². The van der Waals surface area contributed by atoms with Crippen molar-refractivity contribution in [3.8, 4) is 0 Å². The number of benzene rings is 1. The van der Waals surface area contributed by atoms with E-state index in [0.717, 1.165) is 0 Å². The van der Waals surface area contributed by atoms with Crippen LogP contribution in [0.3, 0.4) is 0 Å². The molecule has 0 unspecified atom stereocenters. The average molecular weight is 376 g/mol. The molecule has 0 spiro atoms. The molecule has 1 aromatic carbocycles. The van der Waals surface area contributed by atoms with Gasteiger partial charge in [-0.1, -0.05) is 51.3 Å². The predicted octanol–water partition coefficient (Wildman–Crippen LogP) is 6.00. The number of rotatable bonds is 2. The van der Waals surface area contributed by atoms with Crippen LogP contribution < -0.4 is 0 Å². The minimum absolute atomic E-state index is 0.0253. The maximum Gasteiger partial charge on any atom is 0.310 e. The molecule has 88 valence electrons. The third-order valence-corrected chi connectivity index (χ3v) is 3.76. The van der Waals surface area contributed by atoms with Crippen molar-refractivity contribution in [1.29, 1.82) is 0 Å². The molecule has 0 fully saturated rings. The van der Waals surface area contributed by atoms with Crippen molar-refractivity contribution in [1.82, 2.24) is 0 Å². The van der Waals surface area contributed by atoms with Crippen LogP contribution in [-0.2, 0) is 5.33 Å². The van der Waals surface area contributed by atoms with E-state index in [9.17, 15) is 19.4 Å². The van der Waals surface area contributed by atoms with Gasteiger partial charge in [-0.15, -0.1) is 0 Å². The van der Waals surface area contributed by atoms with Gasteiger partial charge in [0, 0.05) is 9.80 Å². The molecule has 8 heteroatoms. The molecular weight excluding hydrogens is 371 g/mol. The molecule has 0 heterocycles. The lowest BCUT2D eigenvalue weighted by Gasteiger charge is -2.40. The highest BCUT2D eigenvalue weighted by Crippen LogP contribution is 3.02. The minimum Gasteiger partial charge on any atom is -0.0936 e. The second-order valence-electron chi connectivity index (χ2n) is 2.90. The summed E-state index contributed by atoms with van der Waals surface area (Å²) in [4.78, 5) is -1.88. The van der Waals surface area contributed by atoms with E-state index < -0.39 is 15.1 Å². The molecule has 1 aromatic rings. The highest BCUT2D eigenvalue weighted by molar-refractivity contribution is 9.10. The lowest BCUT2D eigenvalue weighted by atomic mass is 10.2. The lowest BCUT2D eigenvalue weighted by Crippen LogP contribution is -2.06. The van der Waals surface area contributed by atoms with Gasteiger partial charge in [-0.3, -0.25) is 0 Å². The molecule has 0 atom stereocenters. The van der Waals surface area contributed by atoms with Gasteiger partial charge in [-0.25, -0.2) is 0 Å². The Kier molecular flexibility index (Phi) is 2.74. The largest absolute Gasteiger partial charge is 0.310 e. The van der Waals surface area contributed by atoms with Crippen molar-refractivity contribution in [2.75, 3.05) is 0 Å². The van der Waals surface area contributed by atoms with Crippen LogP contribution in [0.4, 0.5) is 19.4 Å². The van der Waals surface area contributed by atoms with Gasteiger partial charge in [0.25, 0.3) is 0 Å². The Bertz CT molecular complexity index is 399. The van der Waals surface area contributed by atoms with Gasteiger partial charge < -0.3 is 0 Å². The Labute approximate surface area is 99.8 Å². The summed E-state index contributed by atoms with van der Waals surface area (Å²) in [7, 11) is -9.57. The van der Waals surface area contributed by atoms with Crippen molar-refractivity contribution in [2.24, 2.45) is 0 Å². The molecule has 0 N–H and O–H groups in total. The van der Waals surface area contributed by atoms with Gasteiger partial charge in [-0.05, 0) is 23.8 Å². The normalized spacial score (nSPS) is 17.0. The molecule has 0 aliphatic rings. The lowest BCUT2D eigenvalue weighted by molar-refractivity contribution is 0.364. The minimum atomic E-state index is -9.57. The van der Waals surface area contributed by atoms with E-state index >= 15 is 0 Å². The molecule has 1 rings (SSSR count). The van der Waals surface area contributed by atoms with E-state index in [0.29, 0.717) is 12.1 Å². The van der Waals surface area contributed by atoms with E-state index in [1.807, 2.05) is 0 Å². The second kappa shape index (κ2) is 3.10. The Hall–Kier alpha value is 0.180. The highest BCUT2D eigenvalue weighted by atomic mass is 79.9. The fourth-order valence-electron chi connectivity index (χ4n) is 0.921. The molecule has 0 aliphatic carbocycles. The highest BCUT2D eigenvalue weighted by Gasteiger charge is 2.65. The maximum absolute atomic E-state index is 12.4. The Morgan fingerprint density at radius 3 is 1.93 bits per heavy atom. The third-order valence-electron chi connectivity index (χ3n) is 1.53. The van der Waals surface area contributed by atoms with Crippen LogP contribution >= 0.6 is 42.1 Å². The number of halogens is 7. The van der Waals surface area contributed by atoms with E-state index in [2.05, 4.69) is 31.9 Å². The summed E-state index contributed by atoms with van der Waals surface area (Å²) in [6.07, 6.45) is 0. The summed E-state index contributed by atoms with van der Waals surface area (Å²) in [5, 5.41) is 0.0767. The summed E-state index contributed by atoms with van der Waals surface area (Å²) in [6, 6.07) is 2.16. The smallest absolute Gasteiger partial charge is 0.0936 e. The average Bonchev–Trinajstić information content (AvgIpc) is 1.99. The standard InChI is InChI=1S/C7H5Br2F5S/c8-4-5-1-6(9)3-7(2-5)15(10,11,12,13)14/h1-3H,4H2. The van der Waals surface area contributed by atoms with E-state index in [1.54, 1.807) is 0 Å². The summed E-state index contributed by atoms with van der Waals surface area (Å²) < 4.78 is 62.0. The Balaban J connectivity index is 3.47. The first kappa shape index (κ1) is 13.2. The SMILES string of the molecule is FS(F)(F)(F)(F)c1cc(Br)cc(CBr)c1. The van der Waals surface area contributed by atoms with Crippen LogP contribution in [0.5, 0.6) is 0 Å². The predicted molar refractivity (Wildman–Crippen MR) is 58.2 cm³/mol. The molecular formula is C7H5Br2F5S. The van der Waals surface area contributed by atoms with E-state index in [-0.39, 0.29) is 15.4 Å². The number of hydrogen-bond acceptors (Lipinski definition) is 0. The maximum atomic E-state index is 12.4. The summed E-state index contributed by atoms with van der Waals surface area (Å²) in [5.41, 5.74) is 0.132.